The van der Waals surface area contributed by atoms with Gasteiger partial charge in [-0.15, -0.1) is 0 Å². The molecule has 4 aliphatic rings. The third kappa shape index (κ3) is 9.06. The summed E-state index contributed by atoms with van der Waals surface area (Å²) in [7, 11) is 0. The Morgan fingerprint density at radius 3 is 1.03 bits per heavy atom. The summed E-state index contributed by atoms with van der Waals surface area (Å²) < 4.78 is 4.91. The molecule has 4 aliphatic carbocycles. The zero-order valence-corrected chi connectivity index (χ0v) is 58.6. The number of allylic oxidation sites excluding steroid dienone is 5. The zero-order valence-electron chi connectivity index (χ0n) is 58.6. The summed E-state index contributed by atoms with van der Waals surface area (Å²) in [5.41, 5.74) is 34.6. The molecule has 0 spiro atoms. The van der Waals surface area contributed by atoms with Crippen LogP contribution in [-0.4, -0.2) is 9.13 Å². The maximum atomic E-state index is 4.66. The van der Waals surface area contributed by atoms with E-state index in [1.807, 2.05) is 0 Å². The number of benzene rings is 13. The van der Waals surface area contributed by atoms with Gasteiger partial charge in [-0.05, 0) is 234 Å². The molecule has 19 rings (SSSR count). The molecule has 2 aromatic heterocycles. The number of rotatable bonds is 9. The van der Waals surface area contributed by atoms with Crippen molar-refractivity contribution in [3.63, 3.8) is 0 Å². The smallest absolute Gasteiger partial charge is 0.0542 e. The summed E-state index contributed by atoms with van der Waals surface area (Å²) in [6.45, 7) is 23.6. The van der Waals surface area contributed by atoms with E-state index < -0.39 is 0 Å². The fraction of sp³-hybridized carbons (Fsp3) is 0.134. The number of para-hydroxylation sites is 2. The van der Waals surface area contributed by atoms with E-state index in [0.717, 1.165) is 90.7 Å². The minimum absolute atomic E-state index is 0.180. The van der Waals surface area contributed by atoms with Crippen LogP contribution in [0, 0.1) is 0 Å². The molecule has 15 aromatic rings. The van der Waals surface area contributed by atoms with Crippen LogP contribution in [0.5, 0.6) is 0 Å². The fourth-order valence-corrected chi connectivity index (χ4v) is 18.0. The van der Waals surface area contributed by atoms with Crippen molar-refractivity contribution in [3.05, 3.63) is 360 Å². The monoisotopic (exact) mass is 1300 g/mol. The molecule has 101 heavy (non-hydrogen) atoms. The van der Waals surface area contributed by atoms with Gasteiger partial charge in [0, 0.05) is 88.7 Å². The molecule has 0 fully saturated rings. The first-order chi connectivity index (χ1) is 49.0. The Balaban J connectivity index is 0.802. The van der Waals surface area contributed by atoms with Crippen LogP contribution in [0.1, 0.15) is 99.9 Å². The van der Waals surface area contributed by atoms with Crippen LogP contribution < -0.4 is 9.80 Å². The van der Waals surface area contributed by atoms with Crippen molar-refractivity contribution >= 4 is 77.7 Å². The van der Waals surface area contributed by atoms with Crippen molar-refractivity contribution in [1.29, 1.82) is 0 Å². The van der Waals surface area contributed by atoms with E-state index in [1.165, 1.54) is 99.4 Å². The van der Waals surface area contributed by atoms with Crippen molar-refractivity contribution in [2.75, 3.05) is 9.80 Å². The van der Waals surface area contributed by atoms with Crippen LogP contribution in [0.15, 0.2) is 316 Å². The first-order valence-corrected chi connectivity index (χ1v) is 35.8. The molecular weight excluding hydrogens is 1220 g/mol. The van der Waals surface area contributed by atoms with E-state index in [4.69, 9.17) is 0 Å². The van der Waals surface area contributed by atoms with Gasteiger partial charge >= 0.3 is 0 Å². The second-order valence-electron chi connectivity index (χ2n) is 30.6. The molecule has 2 heterocycles. The molecule has 4 heteroatoms. The highest BCUT2D eigenvalue weighted by Gasteiger charge is 2.40. The van der Waals surface area contributed by atoms with Crippen LogP contribution in [0.2, 0.25) is 0 Å². The van der Waals surface area contributed by atoms with Gasteiger partial charge in [-0.1, -0.05) is 232 Å². The van der Waals surface area contributed by atoms with Gasteiger partial charge < -0.3 is 18.9 Å². The summed E-state index contributed by atoms with van der Waals surface area (Å²) in [6, 6.07) is 106. The first kappa shape index (κ1) is 60.5. The Morgan fingerprint density at radius 1 is 0.287 bits per heavy atom. The number of hydrogen-bond donors (Lipinski definition) is 0. The highest BCUT2D eigenvalue weighted by molar-refractivity contribution is 6.14. The number of hydrogen-bond acceptors (Lipinski definition) is 2. The Labute approximate surface area is 592 Å². The SMILES string of the molecule is C=C1/C=C\C=C/Cc2ccc(N(c3ccc4c(c3)C(C)(C)c3ccccc3-4)c3ccc4c(c3)c3cc(-c5ccc6c(c5)c5cc(N(c7ccc8c(c7)C(C)(C)c7ccccc7-8)c7ccc8c(c7)C(C)(C)c7ccccc7-8)ccc5n6-c5ccccc5)ccc3n4-c3ccccc3)cc2C1(C)C. The van der Waals surface area contributed by atoms with Gasteiger partial charge in [-0.25, -0.2) is 0 Å². The average Bonchev–Trinajstić information content (AvgIpc) is 1.60. The van der Waals surface area contributed by atoms with Crippen molar-refractivity contribution in [1.82, 2.24) is 9.13 Å². The zero-order chi connectivity index (χ0) is 68.4. The lowest BCUT2D eigenvalue weighted by Gasteiger charge is -2.32. The molecule has 0 unspecified atom stereocenters. The highest BCUT2D eigenvalue weighted by Crippen LogP contribution is 2.56. The predicted octanol–water partition coefficient (Wildman–Crippen LogP) is 25.9. The third-order valence-electron chi connectivity index (χ3n) is 23.6. The largest absolute Gasteiger partial charge is 0.310 e. The topological polar surface area (TPSA) is 16.3 Å². The lowest BCUT2D eigenvalue weighted by Crippen LogP contribution is -2.22. The lowest BCUT2D eigenvalue weighted by molar-refractivity contribution is 0.635. The van der Waals surface area contributed by atoms with Gasteiger partial charge in [-0.3, -0.25) is 0 Å². The predicted molar refractivity (Wildman–Crippen MR) is 427 cm³/mol. The van der Waals surface area contributed by atoms with Crippen LogP contribution in [-0.2, 0) is 28.1 Å². The van der Waals surface area contributed by atoms with E-state index in [2.05, 4.69) is 384 Å². The molecule has 0 aliphatic heterocycles. The maximum Gasteiger partial charge on any atom is 0.0542 e. The lowest BCUT2D eigenvalue weighted by atomic mass is 9.75. The molecule has 0 saturated heterocycles. The molecule has 0 saturated carbocycles. The van der Waals surface area contributed by atoms with E-state index in [9.17, 15) is 0 Å². The average molecular weight is 1300 g/mol. The Bertz CT molecular complexity index is 5970. The normalized spacial score (nSPS) is 16.0. The molecule has 4 nitrogen and oxygen atoms in total. The molecule has 0 bridgehead atoms. The standard InChI is InChI=1S/C97H78N4/c1-61-25-13-10-14-26-62-37-40-69(57-86(62)94(61,2)3)98(70-41-46-76-73-31-19-22-34-83(73)95(4,5)87(76)58-70)67-44-51-92-81(55-67)79-53-63(38-49-90(79)100(92)65-27-15-11-16-28-65)64-39-50-91-80(54-64)82-56-68(45-52-93(82)101(91)66-29-17-12-18-30-66)99(71-42-47-77-74-32-20-23-35-84(74)96(6,7)88(77)59-71)72-43-48-78-75-33-21-24-36-85(75)97(8,9)89(78)60-72/h10-25,27-60H,1,26H2,2-9H3/b14-10-,25-13-. The van der Waals surface area contributed by atoms with Gasteiger partial charge in [0.2, 0.25) is 0 Å². The Hall–Kier alpha value is -11.7. The van der Waals surface area contributed by atoms with Crippen molar-refractivity contribution < 1.29 is 0 Å². The summed E-state index contributed by atoms with van der Waals surface area (Å²) >= 11 is 0. The summed E-state index contributed by atoms with van der Waals surface area (Å²) in [5.74, 6) is 0. The molecule has 0 radical (unpaired) electrons. The van der Waals surface area contributed by atoms with Gasteiger partial charge in [-0.2, -0.15) is 0 Å². The van der Waals surface area contributed by atoms with Gasteiger partial charge in [0.25, 0.3) is 0 Å². The van der Waals surface area contributed by atoms with E-state index in [1.54, 1.807) is 0 Å². The van der Waals surface area contributed by atoms with Gasteiger partial charge in [0.15, 0.2) is 0 Å². The minimum atomic E-state index is -0.324. The van der Waals surface area contributed by atoms with E-state index in [-0.39, 0.29) is 21.7 Å². The van der Waals surface area contributed by atoms with Crippen LogP contribution >= 0.6 is 0 Å². The number of aromatic nitrogens is 2. The van der Waals surface area contributed by atoms with Crippen LogP contribution in [0.4, 0.5) is 34.1 Å². The Morgan fingerprint density at radius 2 is 0.614 bits per heavy atom. The van der Waals surface area contributed by atoms with Gasteiger partial charge in [0.05, 0.1) is 22.1 Å². The molecular formula is C97H78N4. The summed E-state index contributed by atoms with van der Waals surface area (Å²) in [5, 5.41) is 4.74. The second-order valence-corrected chi connectivity index (χ2v) is 30.6. The molecule has 486 valence electrons. The number of anilines is 6. The highest BCUT2D eigenvalue weighted by atomic mass is 15.2. The van der Waals surface area contributed by atoms with Crippen LogP contribution in [0.25, 0.3) is 99.5 Å². The van der Waals surface area contributed by atoms with Crippen molar-refractivity contribution in [2.45, 2.75) is 83.5 Å². The Kier molecular flexibility index (Phi) is 13.3. The number of fused-ring (bicyclic) bond motifs is 16. The first-order valence-electron chi connectivity index (χ1n) is 35.8. The van der Waals surface area contributed by atoms with Gasteiger partial charge in [0.1, 0.15) is 0 Å². The minimum Gasteiger partial charge on any atom is -0.310 e. The maximum absolute atomic E-state index is 4.66. The molecule has 0 amide bonds. The molecule has 0 atom stereocenters. The molecule has 0 N–H and O–H groups in total. The van der Waals surface area contributed by atoms with Crippen molar-refractivity contribution in [3.8, 4) is 55.9 Å². The summed E-state index contributed by atoms with van der Waals surface area (Å²) in [6.07, 6.45) is 9.58. The third-order valence-corrected chi connectivity index (χ3v) is 23.6. The van der Waals surface area contributed by atoms with E-state index in [0.29, 0.717) is 0 Å². The van der Waals surface area contributed by atoms with Crippen LogP contribution in [0.3, 0.4) is 0 Å². The molecule has 13 aromatic carbocycles. The van der Waals surface area contributed by atoms with Crippen molar-refractivity contribution in [2.24, 2.45) is 0 Å². The van der Waals surface area contributed by atoms with E-state index >= 15 is 0 Å². The quantitative estimate of drug-likeness (QED) is 0.143. The summed E-state index contributed by atoms with van der Waals surface area (Å²) in [4.78, 5) is 5.03. The second kappa shape index (κ2) is 22.1. The number of nitrogens with zero attached hydrogens (tertiary/aromatic N) is 4. The fourth-order valence-electron chi connectivity index (χ4n) is 18.0.